The van der Waals surface area contributed by atoms with Crippen LogP contribution < -0.4 is 10.6 Å². The summed E-state index contributed by atoms with van der Waals surface area (Å²) in [6, 6.07) is 5.74. The number of rotatable bonds is 7. The maximum absolute atomic E-state index is 12.0. The van der Waals surface area contributed by atoms with E-state index in [-0.39, 0.29) is 11.9 Å². The van der Waals surface area contributed by atoms with Gasteiger partial charge in [0.05, 0.1) is 6.04 Å². The molecule has 2 N–H and O–H groups in total. The van der Waals surface area contributed by atoms with E-state index < -0.39 is 0 Å². The van der Waals surface area contributed by atoms with Gasteiger partial charge in [-0.25, -0.2) is 0 Å². The van der Waals surface area contributed by atoms with Crippen molar-refractivity contribution in [3.05, 3.63) is 30.1 Å². The summed E-state index contributed by atoms with van der Waals surface area (Å²) >= 11 is 0. The molecule has 4 nitrogen and oxygen atoms in total. The van der Waals surface area contributed by atoms with E-state index >= 15 is 0 Å². The molecule has 1 aromatic rings. The highest BCUT2D eigenvalue weighted by Crippen LogP contribution is 2.22. The van der Waals surface area contributed by atoms with Crippen molar-refractivity contribution >= 4 is 5.91 Å². The Morgan fingerprint density at radius 1 is 1.33 bits per heavy atom. The molecule has 0 bridgehead atoms. The average molecular weight is 289 g/mol. The van der Waals surface area contributed by atoms with Crippen LogP contribution in [0.15, 0.2) is 24.4 Å². The minimum absolute atomic E-state index is 0.0849. The third-order valence-electron chi connectivity index (χ3n) is 4.24. The molecule has 2 rings (SSSR count). The van der Waals surface area contributed by atoms with Crippen LogP contribution in [0.4, 0.5) is 0 Å². The molecule has 1 saturated carbocycles. The number of nitrogens with zero attached hydrogens (tertiary/aromatic N) is 1. The van der Waals surface area contributed by atoms with Crippen molar-refractivity contribution in [2.45, 2.75) is 51.5 Å². The van der Waals surface area contributed by atoms with Gasteiger partial charge in [-0.15, -0.1) is 0 Å². The van der Waals surface area contributed by atoms with E-state index in [1.54, 1.807) is 6.20 Å². The molecule has 21 heavy (non-hydrogen) atoms. The van der Waals surface area contributed by atoms with E-state index in [2.05, 4.69) is 15.6 Å². The van der Waals surface area contributed by atoms with Gasteiger partial charge >= 0.3 is 0 Å². The number of hydrogen-bond acceptors (Lipinski definition) is 3. The van der Waals surface area contributed by atoms with Crippen molar-refractivity contribution in [2.24, 2.45) is 5.92 Å². The fourth-order valence-corrected chi connectivity index (χ4v) is 2.84. The topological polar surface area (TPSA) is 54.0 Å². The molecule has 1 atom stereocenters. The van der Waals surface area contributed by atoms with Gasteiger partial charge in [-0.3, -0.25) is 9.78 Å². The number of hydrogen-bond donors (Lipinski definition) is 2. The van der Waals surface area contributed by atoms with Gasteiger partial charge in [0.2, 0.25) is 5.91 Å². The van der Waals surface area contributed by atoms with E-state index in [4.69, 9.17) is 0 Å². The first kappa shape index (κ1) is 16.0. The normalized spacial score (nSPS) is 17.4. The second-order valence-corrected chi connectivity index (χ2v) is 6.00. The molecule has 0 spiro atoms. The minimum Gasteiger partial charge on any atom is -0.354 e. The van der Waals surface area contributed by atoms with Crippen LogP contribution in [0.25, 0.3) is 0 Å². The molecule has 1 amide bonds. The maximum atomic E-state index is 12.0. The van der Waals surface area contributed by atoms with Gasteiger partial charge in [-0.1, -0.05) is 25.3 Å². The second kappa shape index (κ2) is 8.78. The number of carbonyl (C=O) groups is 1. The molecule has 1 fully saturated rings. The SMILES string of the molecule is CC(NCC1CCCCC1)C(=O)NCCc1ccccn1. The number of amides is 1. The predicted molar refractivity (Wildman–Crippen MR) is 85.0 cm³/mol. The van der Waals surface area contributed by atoms with Gasteiger partial charge in [0.15, 0.2) is 0 Å². The highest BCUT2D eigenvalue weighted by Gasteiger charge is 2.16. The van der Waals surface area contributed by atoms with Crippen molar-refractivity contribution < 1.29 is 4.79 Å². The first-order valence-corrected chi connectivity index (χ1v) is 8.16. The van der Waals surface area contributed by atoms with Crippen LogP contribution in [0.2, 0.25) is 0 Å². The fraction of sp³-hybridized carbons (Fsp3) is 0.647. The van der Waals surface area contributed by atoms with Crippen molar-refractivity contribution in [3.63, 3.8) is 0 Å². The number of carbonyl (C=O) groups excluding carboxylic acids is 1. The lowest BCUT2D eigenvalue weighted by atomic mass is 9.89. The fourth-order valence-electron chi connectivity index (χ4n) is 2.84. The quantitative estimate of drug-likeness (QED) is 0.810. The summed E-state index contributed by atoms with van der Waals surface area (Å²) in [5.41, 5.74) is 1.01. The highest BCUT2D eigenvalue weighted by atomic mass is 16.2. The van der Waals surface area contributed by atoms with Crippen LogP contribution in [-0.4, -0.2) is 30.0 Å². The summed E-state index contributed by atoms with van der Waals surface area (Å²) in [5.74, 6) is 0.837. The molecule has 116 valence electrons. The van der Waals surface area contributed by atoms with Gasteiger partial charge in [0.25, 0.3) is 0 Å². The summed E-state index contributed by atoms with van der Waals surface area (Å²) in [4.78, 5) is 16.3. The molecule has 0 saturated heterocycles. The summed E-state index contributed by atoms with van der Waals surface area (Å²) in [6.07, 6.45) is 9.24. The van der Waals surface area contributed by atoms with E-state index in [1.165, 1.54) is 32.1 Å². The van der Waals surface area contributed by atoms with Crippen molar-refractivity contribution in [3.8, 4) is 0 Å². The standard InChI is InChI=1S/C17H27N3O/c1-14(20-13-15-7-3-2-4-8-15)17(21)19-12-10-16-9-5-6-11-18-16/h5-6,9,11,14-15,20H,2-4,7-8,10,12-13H2,1H3,(H,19,21). The molecule has 1 heterocycles. The van der Waals surface area contributed by atoms with Crippen LogP contribution in [0.1, 0.15) is 44.7 Å². The Morgan fingerprint density at radius 3 is 2.86 bits per heavy atom. The van der Waals surface area contributed by atoms with Crippen LogP contribution in [0.5, 0.6) is 0 Å². The Bertz CT molecular complexity index is 415. The average Bonchev–Trinajstić information content (AvgIpc) is 2.54. The van der Waals surface area contributed by atoms with Crippen molar-refractivity contribution in [1.29, 1.82) is 0 Å². The highest BCUT2D eigenvalue weighted by molar-refractivity contribution is 5.81. The van der Waals surface area contributed by atoms with E-state index in [1.807, 2.05) is 25.1 Å². The zero-order valence-electron chi connectivity index (χ0n) is 13.0. The molecule has 1 aliphatic carbocycles. The lowest BCUT2D eigenvalue weighted by Crippen LogP contribution is -2.44. The molecule has 1 unspecified atom stereocenters. The van der Waals surface area contributed by atoms with Crippen LogP contribution in [0, 0.1) is 5.92 Å². The smallest absolute Gasteiger partial charge is 0.236 e. The lowest BCUT2D eigenvalue weighted by molar-refractivity contribution is -0.122. The van der Waals surface area contributed by atoms with Crippen LogP contribution in [-0.2, 0) is 11.2 Å². The molecule has 1 aromatic heterocycles. The Labute approximate surface area is 127 Å². The third-order valence-corrected chi connectivity index (χ3v) is 4.24. The Balaban J connectivity index is 1.60. The first-order chi connectivity index (χ1) is 10.3. The zero-order chi connectivity index (χ0) is 14.9. The molecule has 0 radical (unpaired) electrons. The van der Waals surface area contributed by atoms with E-state index in [0.29, 0.717) is 6.54 Å². The zero-order valence-corrected chi connectivity index (χ0v) is 13.0. The van der Waals surface area contributed by atoms with Crippen molar-refractivity contribution in [2.75, 3.05) is 13.1 Å². The summed E-state index contributed by atoms with van der Waals surface area (Å²) < 4.78 is 0. The largest absolute Gasteiger partial charge is 0.354 e. The number of pyridine rings is 1. The Hall–Kier alpha value is -1.42. The summed E-state index contributed by atoms with van der Waals surface area (Å²) in [5, 5.41) is 6.35. The molecular formula is C17H27N3O. The predicted octanol–water partition coefficient (Wildman–Crippen LogP) is 2.30. The van der Waals surface area contributed by atoms with Crippen molar-refractivity contribution in [1.82, 2.24) is 15.6 Å². The molecule has 4 heteroatoms. The van der Waals surface area contributed by atoms with Gasteiger partial charge in [-0.05, 0) is 44.4 Å². The number of nitrogens with one attached hydrogen (secondary N) is 2. The van der Waals surface area contributed by atoms with Crippen LogP contribution in [0.3, 0.4) is 0 Å². The van der Waals surface area contributed by atoms with Gasteiger partial charge in [-0.2, -0.15) is 0 Å². The van der Waals surface area contributed by atoms with Crippen LogP contribution >= 0.6 is 0 Å². The van der Waals surface area contributed by atoms with Gasteiger partial charge < -0.3 is 10.6 Å². The monoisotopic (exact) mass is 289 g/mol. The molecule has 1 aliphatic rings. The Morgan fingerprint density at radius 2 is 2.14 bits per heavy atom. The summed E-state index contributed by atoms with van der Waals surface area (Å²) in [7, 11) is 0. The minimum atomic E-state index is -0.115. The maximum Gasteiger partial charge on any atom is 0.236 e. The molecule has 0 aromatic carbocycles. The van der Waals surface area contributed by atoms with E-state index in [0.717, 1.165) is 24.6 Å². The summed E-state index contributed by atoms with van der Waals surface area (Å²) in [6.45, 7) is 3.55. The van der Waals surface area contributed by atoms with Gasteiger partial charge in [0.1, 0.15) is 0 Å². The van der Waals surface area contributed by atoms with E-state index in [9.17, 15) is 4.79 Å². The Kier molecular flexibility index (Phi) is 6.67. The number of aromatic nitrogens is 1. The third kappa shape index (κ3) is 5.84. The van der Waals surface area contributed by atoms with Gasteiger partial charge in [0, 0.05) is 24.9 Å². The second-order valence-electron chi connectivity index (χ2n) is 6.00. The first-order valence-electron chi connectivity index (χ1n) is 8.16. The lowest BCUT2D eigenvalue weighted by Gasteiger charge is -2.23. The molecular weight excluding hydrogens is 262 g/mol. The molecule has 0 aliphatic heterocycles.